The molecule has 1 atom stereocenters. The number of nitrogens with zero attached hydrogens (tertiary/aromatic N) is 3. The van der Waals surface area contributed by atoms with E-state index in [1.807, 2.05) is 23.0 Å². The van der Waals surface area contributed by atoms with Crippen LogP contribution in [-0.2, 0) is 6.42 Å². The molecule has 3 aromatic rings. The van der Waals surface area contributed by atoms with Gasteiger partial charge in [-0.15, -0.1) is 11.3 Å². The van der Waals surface area contributed by atoms with Gasteiger partial charge in [0.15, 0.2) is 0 Å². The standard InChI is InChI=1S/C15H13BrClN3S/c1-10(20-8-13(17)7-18-20)5-15-19-14(9-21-15)11-3-2-4-12(16)6-11/h2-4,6-10H,5H2,1H3/t10-/m0/s1. The molecule has 0 radical (unpaired) electrons. The van der Waals surface area contributed by atoms with Gasteiger partial charge in [0.1, 0.15) is 0 Å². The molecule has 108 valence electrons. The van der Waals surface area contributed by atoms with Gasteiger partial charge in [0.05, 0.1) is 28.0 Å². The van der Waals surface area contributed by atoms with E-state index in [0.29, 0.717) is 5.02 Å². The molecule has 0 saturated carbocycles. The summed E-state index contributed by atoms with van der Waals surface area (Å²) in [5.41, 5.74) is 2.14. The molecule has 0 fully saturated rings. The Morgan fingerprint density at radius 2 is 2.29 bits per heavy atom. The molecule has 3 rings (SSSR count). The molecule has 3 nitrogen and oxygen atoms in total. The summed E-state index contributed by atoms with van der Waals surface area (Å²) in [6, 6.07) is 8.42. The van der Waals surface area contributed by atoms with Gasteiger partial charge < -0.3 is 0 Å². The van der Waals surface area contributed by atoms with Crippen molar-refractivity contribution in [2.75, 3.05) is 0 Å². The Bertz CT molecular complexity index is 753. The fourth-order valence-corrected chi connectivity index (χ4v) is 3.55. The Morgan fingerprint density at radius 1 is 1.43 bits per heavy atom. The second-order valence-electron chi connectivity index (χ2n) is 4.83. The minimum atomic E-state index is 0.235. The van der Waals surface area contributed by atoms with Gasteiger partial charge in [0, 0.05) is 28.0 Å². The van der Waals surface area contributed by atoms with E-state index in [9.17, 15) is 0 Å². The fourth-order valence-electron chi connectivity index (χ4n) is 2.09. The van der Waals surface area contributed by atoms with E-state index in [0.717, 1.165) is 27.2 Å². The van der Waals surface area contributed by atoms with Crippen molar-refractivity contribution in [2.24, 2.45) is 0 Å². The van der Waals surface area contributed by atoms with Crippen molar-refractivity contribution in [2.45, 2.75) is 19.4 Å². The van der Waals surface area contributed by atoms with Crippen molar-refractivity contribution in [1.82, 2.24) is 14.8 Å². The van der Waals surface area contributed by atoms with Crippen LogP contribution in [0.25, 0.3) is 11.3 Å². The van der Waals surface area contributed by atoms with Crippen LogP contribution in [0.4, 0.5) is 0 Å². The van der Waals surface area contributed by atoms with Gasteiger partial charge in [-0.1, -0.05) is 39.7 Å². The minimum absolute atomic E-state index is 0.235. The van der Waals surface area contributed by atoms with Gasteiger partial charge >= 0.3 is 0 Å². The van der Waals surface area contributed by atoms with Crippen LogP contribution >= 0.6 is 38.9 Å². The van der Waals surface area contributed by atoms with Crippen LogP contribution in [0.3, 0.4) is 0 Å². The maximum absolute atomic E-state index is 5.91. The normalized spacial score (nSPS) is 12.5. The monoisotopic (exact) mass is 381 g/mol. The SMILES string of the molecule is C[C@@H](Cc1nc(-c2cccc(Br)c2)cs1)n1cc(Cl)cn1. The molecule has 2 aromatic heterocycles. The van der Waals surface area contributed by atoms with E-state index in [1.54, 1.807) is 17.5 Å². The van der Waals surface area contributed by atoms with Gasteiger partial charge in [-0.05, 0) is 19.1 Å². The first-order valence-electron chi connectivity index (χ1n) is 6.52. The van der Waals surface area contributed by atoms with E-state index in [1.165, 1.54) is 0 Å². The van der Waals surface area contributed by atoms with Crippen LogP contribution in [0.1, 0.15) is 18.0 Å². The Kier molecular flexibility index (Phi) is 4.42. The average Bonchev–Trinajstić information content (AvgIpc) is 3.08. The molecule has 2 heterocycles. The smallest absolute Gasteiger partial charge is 0.0953 e. The highest BCUT2D eigenvalue weighted by Gasteiger charge is 2.11. The topological polar surface area (TPSA) is 30.7 Å². The lowest BCUT2D eigenvalue weighted by atomic mass is 10.2. The molecule has 21 heavy (non-hydrogen) atoms. The Morgan fingerprint density at radius 3 is 3.00 bits per heavy atom. The second-order valence-corrected chi connectivity index (χ2v) is 7.12. The van der Waals surface area contributed by atoms with Crippen molar-refractivity contribution in [3.8, 4) is 11.3 Å². The number of benzene rings is 1. The minimum Gasteiger partial charge on any atom is -0.268 e. The largest absolute Gasteiger partial charge is 0.268 e. The summed E-state index contributed by atoms with van der Waals surface area (Å²) in [5, 5.41) is 8.10. The maximum atomic E-state index is 5.91. The Balaban J connectivity index is 1.76. The first-order valence-corrected chi connectivity index (χ1v) is 8.57. The molecule has 0 bridgehead atoms. The first kappa shape index (κ1) is 14.8. The summed E-state index contributed by atoms with van der Waals surface area (Å²) >= 11 is 11.1. The third-order valence-corrected chi connectivity index (χ3v) is 4.72. The first-order chi connectivity index (χ1) is 10.1. The summed E-state index contributed by atoms with van der Waals surface area (Å²) < 4.78 is 2.94. The van der Waals surface area contributed by atoms with Gasteiger partial charge in [-0.3, -0.25) is 4.68 Å². The second kappa shape index (κ2) is 6.30. The van der Waals surface area contributed by atoms with Crippen LogP contribution in [0, 0.1) is 0 Å². The lowest BCUT2D eigenvalue weighted by Crippen LogP contribution is -2.08. The molecule has 0 aliphatic rings. The molecular formula is C15H13BrClN3S. The highest BCUT2D eigenvalue weighted by atomic mass is 79.9. The molecule has 6 heteroatoms. The summed E-state index contributed by atoms with van der Waals surface area (Å²) in [7, 11) is 0. The van der Waals surface area contributed by atoms with E-state index < -0.39 is 0 Å². The zero-order chi connectivity index (χ0) is 14.8. The number of hydrogen-bond acceptors (Lipinski definition) is 3. The van der Waals surface area contributed by atoms with E-state index in [2.05, 4.69) is 45.5 Å². The predicted molar refractivity (Wildman–Crippen MR) is 90.9 cm³/mol. The van der Waals surface area contributed by atoms with Crippen LogP contribution < -0.4 is 0 Å². The zero-order valence-corrected chi connectivity index (χ0v) is 14.5. The molecule has 0 spiro atoms. The van der Waals surface area contributed by atoms with Gasteiger partial charge in [-0.25, -0.2) is 4.98 Å². The maximum Gasteiger partial charge on any atom is 0.0953 e. The number of hydrogen-bond donors (Lipinski definition) is 0. The highest BCUT2D eigenvalue weighted by Crippen LogP contribution is 2.26. The summed E-state index contributed by atoms with van der Waals surface area (Å²) in [4.78, 5) is 4.72. The molecule has 1 aromatic carbocycles. The Hall–Kier alpha value is -1.17. The third-order valence-electron chi connectivity index (χ3n) is 3.16. The van der Waals surface area contributed by atoms with Crippen LogP contribution in [-0.4, -0.2) is 14.8 Å². The number of thiazole rings is 1. The molecule has 0 aliphatic heterocycles. The fraction of sp³-hybridized carbons (Fsp3) is 0.200. The van der Waals surface area contributed by atoms with Crippen LogP contribution in [0.2, 0.25) is 5.02 Å². The third kappa shape index (κ3) is 3.54. The highest BCUT2D eigenvalue weighted by molar-refractivity contribution is 9.10. The van der Waals surface area contributed by atoms with Crippen LogP contribution in [0.5, 0.6) is 0 Å². The molecule has 0 aliphatic carbocycles. The quantitative estimate of drug-likeness (QED) is 0.619. The number of rotatable bonds is 4. The van der Waals surface area contributed by atoms with Crippen molar-refractivity contribution in [3.63, 3.8) is 0 Å². The summed E-state index contributed by atoms with van der Waals surface area (Å²) in [6.45, 7) is 2.11. The lowest BCUT2D eigenvalue weighted by molar-refractivity contribution is 0.488. The summed E-state index contributed by atoms with van der Waals surface area (Å²) in [6.07, 6.45) is 4.35. The van der Waals surface area contributed by atoms with Gasteiger partial charge in [0.2, 0.25) is 0 Å². The number of halogens is 2. The Labute approximate surface area is 140 Å². The van der Waals surface area contributed by atoms with E-state index >= 15 is 0 Å². The molecule has 0 N–H and O–H groups in total. The van der Waals surface area contributed by atoms with Crippen LogP contribution in [0.15, 0.2) is 46.5 Å². The lowest BCUT2D eigenvalue weighted by Gasteiger charge is -2.09. The van der Waals surface area contributed by atoms with Crippen molar-refractivity contribution in [3.05, 3.63) is 56.5 Å². The van der Waals surface area contributed by atoms with E-state index in [4.69, 9.17) is 16.6 Å². The predicted octanol–water partition coefficient (Wildman–Crippen LogP) is 5.23. The molecule has 0 unspecified atom stereocenters. The van der Waals surface area contributed by atoms with Crippen molar-refractivity contribution < 1.29 is 0 Å². The zero-order valence-electron chi connectivity index (χ0n) is 11.3. The molecule has 0 saturated heterocycles. The van der Waals surface area contributed by atoms with Crippen molar-refractivity contribution in [1.29, 1.82) is 0 Å². The average molecular weight is 383 g/mol. The van der Waals surface area contributed by atoms with Crippen molar-refractivity contribution >= 4 is 38.9 Å². The summed E-state index contributed by atoms with van der Waals surface area (Å²) in [5.74, 6) is 0. The molecular weight excluding hydrogens is 370 g/mol. The van der Waals surface area contributed by atoms with Gasteiger partial charge in [-0.2, -0.15) is 5.10 Å². The molecule has 0 amide bonds. The van der Waals surface area contributed by atoms with E-state index in [-0.39, 0.29) is 6.04 Å². The van der Waals surface area contributed by atoms with Gasteiger partial charge in [0.25, 0.3) is 0 Å². The number of aromatic nitrogens is 3.